The smallest absolute Gasteiger partial charge is 0.255 e. The molecule has 0 saturated carbocycles. The van der Waals surface area contributed by atoms with Crippen LogP contribution < -0.4 is 21.3 Å². The molecule has 3 rings (SSSR count). The second-order valence-corrected chi connectivity index (χ2v) is 6.32. The third-order valence-electron chi connectivity index (χ3n) is 4.35. The molecule has 0 spiro atoms. The van der Waals surface area contributed by atoms with Crippen LogP contribution in [-0.4, -0.2) is 13.0 Å². The van der Waals surface area contributed by atoms with Crippen LogP contribution in [0.1, 0.15) is 54.7 Å². The SMILES string of the molecule is CCC/C(=C\NC)NC(=O)c1cccc(C2NC3=CCCC=C3N2)c1. The van der Waals surface area contributed by atoms with E-state index in [1.165, 1.54) is 0 Å². The van der Waals surface area contributed by atoms with E-state index >= 15 is 0 Å². The Bertz CT molecular complexity index is 711. The summed E-state index contributed by atoms with van der Waals surface area (Å²) >= 11 is 0. The van der Waals surface area contributed by atoms with Crippen molar-refractivity contribution in [3.05, 3.63) is 70.8 Å². The number of benzene rings is 1. The van der Waals surface area contributed by atoms with E-state index in [1.54, 1.807) is 0 Å². The van der Waals surface area contributed by atoms with E-state index in [9.17, 15) is 4.79 Å². The topological polar surface area (TPSA) is 65.2 Å². The highest BCUT2D eigenvalue weighted by Crippen LogP contribution is 2.27. The average molecular weight is 338 g/mol. The van der Waals surface area contributed by atoms with Gasteiger partial charge in [0.1, 0.15) is 6.17 Å². The first-order valence-corrected chi connectivity index (χ1v) is 8.92. The van der Waals surface area contributed by atoms with Gasteiger partial charge < -0.3 is 21.3 Å². The van der Waals surface area contributed by atoms with Crippen LogP contribution in [0.3, 0.4) is 0 Å². The minimum absolute atomic E-state index is 0.00585. The van der Waals surface area contributed by atoms with Gasteiger partial charge in [-0.1, -0.05) is 37.6 Å². The summed E-state index contributed by atoms with van der Waals surface area (Å²) in [5.41, 5.74) is 4.94. The van der Waals surface area contributed by atoms with Gasteiger partial charge in [-0.25, -0.2) is 0 Å². The largest absolute Gasteiger partial charge is 0.393 e. The molecule has 2 aliphatic rings. The van der Waals surface area contributed by atoms with Gasteiger partial charge in [-0.15, -0.1) is 0 Å². The van der Waals surface area contributed by atoms with Crippen LogP contribution in [0.25, 0.3) is 0 Å². The monoisotopic (exact) mass is 338 g/mol. The highest BCUT2D eigenvalue weighted by molar-refractivity contribution is 5.95. The van der Waals surface area contributed by atoms with Gasteiger partial charge in [0.05, 0.1) is 11.4 Å². The molecule has 1 aromatic rings. The van der Waals surface area contributed by atoms with Crippen molar-refractivity contribution in [3.8, 4) is 0 Å². The van der Waals surface area contributed by atoms with Crippen LogP contribution >= 0.6 is 0 Å². The highest BCUT2D eigenvalue weighted by atomic mass is 16.1. The molecule has 1 aliphatic carbocycles. The van der Waals surface area contributed by atoms with E-state index in [2.05, 4.69) is 40.3 Å². The van der Waals surface area contributed by atoms with E-state index in [0.717, 1.165) is 48.3 Å². The molecule has 1 aromatic carbocycles. The van der Waals surface area contributed by atoms with Crippen LogP contribution in [0.2, 0.25) is 0 Å². The zero-order valence-corrected chi connectivity index (χ0v) is 14.9. The summed E-state index contributed by atoms with van der Waals surface area (Å²) in [5.74, 6) is -0.0781. The number of hydrogen-bond acceptors (Lipinski definition) is 4. The van der Waals surface area contributed by atoms with Crippen LogP contribution in [0.5, 0.6) is 0 Å². The second kappa shape index (κ2) is 7.92. The lowest BCUT2D eigenvalue weighted by Gasteiger charge is -2.14. The fourth-order valence-corrected chi connectivity index (χ4v) is 3.15. The summed E-state index contributed by atoms with van der Waals surface area (Å²) in [4.78, 5) is 12.6. The lowest BCUT2D eigenvalue weighted by atomic mass is 10.1. The number of amides is 1. The molecule has 0 atom stereocenters. The van der Waals surface area contributed by atoms with Crippen LogP contribution in [-0.2, 0) is 0 Å². The quantitative estimate of drug-likeness (QED) is 0.644. The molecule has 4 N–H and O–H groups in total. The summed E-state index contributed by atoms with van der Waals surface area (Å²) in [5, 5.41) is 13.0. The minimum Gasteiger partial charge on any atom is -0.393 e. The summed E-state index contributed by atoms with van der Waals surface area (Å²) < 4.78 is 0. The third-order valence-corrected chi connectivity index (χ3v) is 4.35. The van der Waals surface area contributed by atoms with Crippen molar-refractivity contribution in [2.24, 2.45) is 0 Å². The first kappa shape index (κ1) is 17.1. The summed E-state index contributed by atoms with van der Waals surface area (Å²) in [6, 6.07) is 7.76. The molecular weight excluding hydrogens is 312 g/mol. The first-order chi connectivity index (χ1) is 12.2. The van der Waals surface area contributed by atoms with Crippen LogP contribution in [0.15, 0.2) is 59.7 Å². The predicted molar refractivity (Wildman–Crippen MR) is 100 cm³/mol. The van der Waals surface area contributed by atoms with Crippen molar-refractivity contribution in [1.82, 2.24) is 21.3 Å². The Balaban J connectivity index is 1.73. The number of rotatable bonds is 6. The lowest BCUT2D eigenvalue weighted by Crippen LogP contribution is -2.25. The van der Waals surface area contributed by atoms with Crippen molar-refractivity contribution < 1.29 is 4.79 Å². The van der Waals surface area contributed by atoms with E-state index in [0.29, 0.717) is 5.56 Å². The summed E-state index contributed by atoms with van der Waals surface area (Å²) in [6.45, 7) is 2.09. The molecule has 5 heteroatoms. The fourth-order valence-electron chi connectivity index (χ4n) is 3.15. The molecule has 1 fully saturated rings. The Morgan fingerprint density at radius 3 is 2.60 bits per heavy atom. The molecule has 0 bridgehead atoms. The van der Waals surface area contributed by atoms with Crippen molar-refractivity contribution >= 4 is 5.91 Å². The zero-order valence-electron chi connectivity index (χ0n) is 14.9. The van der Waals surface area contributed by atoms with Gasteiger partial charge in [-0.2, -0.15) is 0 Å². The number of fused-ring (bicyclic) bond motifs is 1. The Morgan fingerprint density at radius 2 is 1.96 bits per heavy atom. The zero-order chi connectivity index (χ0) is 17.6. The van der Waals surface area contributed by atoms with E-state index in [-0.39, 0.29) is 12.1 Å². The Kier molecular flexibility index (Phi) is 5.43. The number of carbonyl (C=O) groups excluding carboxylic acids is 1. The third kappa shape index (κ3) is 4.05. The van der Waals surface area contributed by atoms with Gasteiger partial charge in [-0.3, -0.25) is 4.79 Å². The average Bonchev–Trinajstić information content (AvgIpc) is 3.06. The maximum atomic E-state index is 12.6. The van der Waals surface area contributed by atoms with Gasteiger partial charge in [-0.05, 0) is 37.0 Å². The maximum Gasteiger partial charge on any atom is 0.255 e. The Hall–Kier alpha value is -2.69. The number of carbonyl (C=O) groups is 1. The molecule has 0 unspecified atom stereocenters. The van der Waals surface area contributed by atoms with Gasteiger partial charge in [0, 0.05) is 24.5 Å². The van der Waals surface area contributed by atoms with Gasteiger partial charge in [0.2, 0.25) is 0 Å². The normalized spacial score (nSPS) is 17.0. The first-order valence-electron chi connectivity index (χ1n) is 8.92. The molecular formula is C20H26N4O. The second-order valence-electron chi connectivity index (χ2n) is 6.32. The number of nitrogens with one attached hydrogen (secondary N) is 4. The van der Waals surface area contributed by atoms with Crippen molar-refractivity contribution in [1.29, 1.82) is 0 Å². The summed E-state index contributed by atoms with van der Waals surface area (Å²) in [6.07, 6.45) is 10.2. The van der Waals surface area contributed by atoms with Crippen molar-refractivity contribution in [3.63, 3.8) is 0 Å². The molecule has 25 heavy (non-hydrogen) atoms. The van der Waals surface area contributed by atoms with E-state index < -0.39 is 0 Å². The Morgan fingerprint density at radius 1 is 1.24 bits per heavy atom. The van der Waals surface area contributed by atoms with Gasteiger partial charge in [0.15, 0.2) is 0 Å². The standard InChI is InChI=1S/C20H26N4O/c1-3-7-16(13-21-2)22-20(25)15-9-6-8-14(12-15)19-23-17-10-4-5-11-18(17)24-19/h6,8-13,19,21,23-24H,3-5,7H2,1-2H3,(H,22,25)/b16-13+. The number of allylic oxidation sites excluding steroid dienone is 3. The van der Waals surface area contributed by atoms with Gasteiger partial charge >= 0.3 is 0 Å². The van der Waals surface area contributed by atoms with Crippen LogP contribution in [0, 0.1) is 0 Å². The van der Waals surface area contributed by atoms with E-state index in [1.807, 2.05) is 37.5 Å². The molecule has 1 aliphatic heterocycles. The Labute approximate surface area is 149 Å². The lowest BCUT2D eigenvalue weighted by molar-refractivity contribution is 0.0964. The minimum atomic E-state index is -0.0781. The predicted octanol–water partition coefficient (Wildman–Crippen LogP) is 3.03. The number of hydrogen-bond donors (Lipinski definition) is 4. The molecule has 1 saturated heterocycles. The van der Waals surface area contributed by atoms with Gasteiger partial charge in [0.25, 0.3) is 5.91 Å². The van der Waals surface area contributed by atoms with Crippen LogP contribution in [0.4, 0.5) is 0 Å². The van der Waals surface area contributed by atoms with E-state index in [4.69, 9.17) is 0 Å². The van der Waals surface area contributed by atoms with Crippen molar-refractivity contribution in [2.45, 2.75) is 38.8 Å². The molecule has 1 amide bonds. The van der Waals surface area contributed by atoms with Crippen molar-refractivity contribution in [2.75, 3.05) is 7.05 Å². The molecule has 5 nitrogen and oxygen atoms in total. The molecule has 132 valence electrons. The molecule has 0 radical (unpaired) electrons. The molecule has 1 heterocycles. The molecule has 0 aromatic heterocycles. The highest BCUT2D eigenvalue weighted by Gasteiger charge is 2.24. The fraction of sp³-hybridized carbons (Fsp3) is 0.350. The maximum absolute atomic E-state index is 12.6. The summed E-state index contributed by atoms with van der Waals surface area (Å²) in [7, 11) is 1.84.